The number of aromatic nitrogens is 2. The highest BCUT2D eigenvalue weighted by molar-refractivity contribution is 5.97. The summed E-state index contributed by atoms with van der Waals surface area (Å²) in [4.78, 5) is 69.8. The summed E-state index contributed by atoms with van der Waals surface area (Å²) in [6.45, 7) is 7.06. The van der Waals surface area contributed by atoms with Crippen LogP contribution in [0.5, 0.6) is 0 Å². The van der Waals surface area contributed by atoms with Gasteiger partial charge < -0.3 is 36.6 Å². The van der Waals surface area contributed by atoms with Crippen molar-refractivity contribution in [2.75, 3.05) is 34.4 Å². The van der Waals surface area contributed by atoms with E-state index in [1.807, 2.05) is 0 Å². The van der Waals surface area contributed by atoms with E-state index in [2.05, 4.69) is 46.7 Å². The Bertz CT molecular complexity index is 1560. The minimum absolute atomic E-state index is 0.0164. The molecule has 2 amide bonds. The molecule has 1 aliphatic heterocycles. The van der Waals surface area contributed by atoms with Crippen LogP contribution in [0, 0.1) is 16.7 Å². The Kier molecular flexibility index (Phi) is 8.38. The van der Waals surface area contributed by atoms with E-state index < -0.39 is 48.0 Å². The van der Waals surface area contributed by atoms with E-state index in [-0.39, 0.29) is 59.5 Å². The fourth-order valence-electron chi connectivity index (χ4n) is 6.95. The fourth-order valence-corrected chi connectivity index (χ4v) is 6.95. The summed E-state index contributed by atoms with van der Waals surface area (Å²) in [5.41, 5.74) is 5.81. The predicted octanol–water partition coefficient (Wildman–Crippen LogP) is 2.46. The lowest BCUT2D eigenvalue weighted by Gasteiger charge is -2.41. The van der Waals surface area contributed by atoms with Crippen LogP contribution >= 0.6 is 0 Å². The molecule has 5 atom stereocenters. The standard InChI is InChI=1S/C30H39N7O8/c1-29(2)16-10-11-30(29,3)20(12-16)45-28(44)37-18(14-33-23-22(37)25(41)36-27(31)35-23)13-32-17-6-4-15(5-7-17)24(40)34-19(26(42)43)8-9-21(38)39/h4-7,16,18-20,32H,8-14H2,1-3H3,(H,34,40)(H,38,39)(H,42,43)(H4,31,33,35,36,41)/t16?,18-,19?,20?,30?/m0/s1. The number of H-pyrrole nitrogens is 1. The van der Waals surface area contributed by atoms with Crippen LogP contribution in [0.15, 0.2) is 29.1 Å². The molecule has 0 radical (unpaired) electrons. The maximum atomic E-state index is 13.9. The molecule has 2 aliphatic carbocycles. The van der Waals surface area contributed by atoms with Crippen LogP contribution in [0.4, 0.5) is 27.9 Å². The molecule has 45 heavy (non-hydrogen) atoms. The summed E-state index contributed by atoms with van der Waals surface area (Å²) >= 11 is 0. The van der Waals surface area contributed by atoms with Gasteiger partial charge in [-0.25, -0.2) is 9.59 Å². The zero-order valence-electron chi connectivity index (χ0n) is 25.4. The van der Waals surface area contributed by atoms with Crippen molar-refractivity contribution < 1.29 is 34.1 Å². The molecule has 0 spiro atoms. The van der Waals surface area contributed by atoms with Gasteiger partial charge in [-0.1, -0.05) is 20.8 Å². The first-order valence-electron chi connectivity index (χ1n) is 14.9. The number of rotatable bonds is 10. The highest BCUT2D eigenvalue weighted by Gasteiger charge is 2.63. The van der Waals surface area contributed by atoms with Gasteiger partial charge in [0.25, 0.3) is 11.5 Å². The molecule has 2 bridgehead atoms. The van der Waals surface area contributed by atoms with E-state index in [0.29, 0.717) is 11.6 Å². The third kappa shape index (κ3) is 5.98. The monoisotopic (exact) mass is 625 g/mol. The van der Waals surface area contributed by atoms with Crippen molar-refractivity contribution in [3.8, 4) is 0 Å². The SMILES string of the molecule is CC1(C)C2CCC1(C)C(OC(=O)N1c3c(nc(N)[nH]c3=O)NC[C@@H]1CNc1ccc(C(=O)NC(CCC(=O)O)C(=O)O)cc1)C2. The van der Waals surface area contributed by atoms with Crippen LogP contribution in [-0.4, -0.2) is 75.4 Å². The van der Waals surface area contributed by atoms with Gasteiger partial charge in [-0.05, 0) is 61.3 Å². The normalized spacial score (nSPS) is 25.0. The van der Waals surface area contributed by atoms with Crippen LogP contribution in [0.3, 0.4) is 0 Å². The van der Waals surface area contributed by atoms with Crippen LogP contribution in [0.1, 0.15) is 63.2 Å². The van der Waals surface area contributed by atoms with Crippen molar-refractivity contribution in [2.45, 2.75) is 71.1 Å². The molecule has 242 valence electrons. The number of carboxylic acids is 2. The summed E-state index contributed by atoms with van der Waals surface area (Å²) in [6, 6.07) is 4.29. The van der Waals surface area contributed by atoms with E-state index >= 15 is 0 Å². The van der Waals surface area contributed by atoms with Gasteiger partial charge in [0.1, 0.15) is 12.1 Å². The third-order valence-electron chi connectivity index (χ3n) is 10.1. The Morgan fingerprint density at radius 1 is 1.18 bits per heavy atom. The fraction of sp³-hybridized carbons (Fsp3) is 0.533. The third-order valence-corrected chi connectivity index (χ3v) is 10.1. The van der Waals surface area contributed by atoms with Gasteiger partial charge in [0.2, 0.25) is 5.95 Å². The first-order valence-corrected chi connectivity index (χ1v) is 14.9. The second-order valence-electron chi connectivity index (χ2n) is 12.8. The summed E-state index contributed by atoms with van der Waals surface area (Å²) in [7, 11) is 0. The van der Waals surface area contributed by atoms with Gasteiger partial charge in [0.15, 0.2) is 11.5 Å². The number of nitrogen functional groups attached to an aromatic ring is 1. The molecule has 2 saturated carbocycles. The maximum Gasteiger partial charge on any atom is 0.415 e. The summed E-state index contributed by atoms with van der Waals surface area (Å²) in [5, 5.41) is 26.8. The highest BCUT2D eigenvalue weighted by atomic mass is 16.6. The molecule has 2 heterocycles. The lowest BCUT2D eigenvalue weighted by molar-refractivity contribution is -0.140. The second kappa shape index (κ2) is 11.9. The van der Waals surface area contributed by atoms with Crippen molar-refractivity contribution in [2.24, 2.45) is 16.7 Å². The smallest absolute Gasteiger partial charge is 0.415 e. The molecule has 0 saturated heterocycles. The average Bonchev–Trinajstić information content (AvgIpc) is 3.31. The molecule has 15 nitrogen and oxygen atoms in total. The number of benzene rings is 1. The largest absolute Gasteiger partial charge is 0.481 e. The van der Waals surface area contributed by atoms with Crippen LogP contribution in [0.25, 0.3) is 0 Å². The van der Waals surface area contributed by atoms with E-state index in [0.717, 1.165) is 19.3 Å². The number of fused-ring (bicyclic) bond motifs is 3. The first kappa shape index (κ1) is 31.6. The van der Waals surface area contributed by atoms with Gasteiger partial charge in [0.05, 0.1) is 6.04 Å². The summed E-state index contributed by atoms with van der Waals surface area (Å²) < 4.78 is 6.17. The number of amides is 2. The Labute approximate surface area is 258 Å². The highest BCUT2D eigenvalue weighted by Crippen LogP contribution is 2.66. The van der Waals surface area contributed by atoms with E-state index in [1.165, 1.54) is 17.0 Å². The molecule has 4 unspecified atom stereocenters. The number of ether oxygens (including phenoxy) is 1. The van der Waals surface area contributed by atoms with Gasteiger partial charge in [-0.3, -0.25) is 24.3 Å². The molecular weight excluding hydrogens is 586 g/mol. The van der Waals surface area contributed by atoms with Crippen molar-refractivity contribution in [3.05, 3.63) is 40.2 Å². The summed E-state index contributed by atoms with van der Waals surface area (Å²) in [5.74, 6) is -2.61. The molecule has 2 aromatic rings. The average molecular weight is 626 g/mol. The maximum absolute atomic E-state index is 13.9. The molecule has 1 aromatic heterocycles. The Hall–Kier alpha value is -4.82. The van der Waals surface area contributed by atoms with Crippen LogP contribution < -0.4 is 32.1 Å². The first-order chi connectivity index (χ1) is 21.2. The summed E-state index contributed by atoms with van der Waals surface area (Å²) in [6.07, 6.45) is 1.22. The zero-order valence-corrected chi connectivity index (χ0v) is 25.4. The van der Waals surface area contributed by atoms with Gasteiger partial charge in [-0.2, -0.15) is 4.98 Å². The number of hydrogen-bond acceptors (Lipinski definition) is 10. The molecule has 1 aromatic carbocycles. The Balaban J connectivity index is 1.29. The molecule has 2 fully saturated rings. The van der Waals surface area contributed by atoms with Crippen molar-refractivity contribution in [1.29, 1.82) is 0 Å². The minimum atomic E-state index is -1.35. The number of hydrogen-bond donors (Lipinski definition) is 7. The second-order valence-corrected chi connectivity index (χ2v) is 12.8. The number of nitrogens with two attached hydrogens (primary N) is 1. The topological polar surface area (TPSA) is 229 Å². The Morgan fingerprint density at radius 3 is 2.49 bits per heavy atom. The lowest BCUT2D eigenvalue weighted by atomic mass is 9.70. The number of carbonyl (C=O) groups is 4. The van der Waals surface area contributed by atoms with Crippen LogP contribution in [0.2, 0.25) is 0 Å². The van der Waals surface area contributed by atoms with Crippen molar-refractivity contribution in [3.63, 3.8) is 0 Å². The van der Waals surface area contributed by atoms with E-state index in [4.69, 9.17) is 15.6 Å². The molecule has 15 heteroatoms. The number of nitrogens with one attached hydrogen (secondary N) is 4. The number of carboxylic acid groups (broad SMARTS) is 2. The molecular formula is C30H39N7O8. The zero-order chi connectivity index (χ0) is 32.7. The minimum Gasteiger partial charge on any atom is -0.481 e. The van der Waals surface area contributed by atoms with E-state index in [9.17, 15) is 29.1 Å². The van der Waals surface area contributed by atoms with Gasteiger partial charge in [-0.15, -0.1) is 0 Å². The van der Waals surface area contributed by atoms with Crippen molar-refractivity contribution in [1.82, 2.24) is 15.3 Å². The number of anilines is 4. The quantitative estimate of drug-likeness (QED) is 0.202. The van der Waals surface area contributed by atoms with Crippen LogP contribution in [-0.2, 0) is 14.3 Å². The molecule has 3 aliphatic rings. The Morgan fingerprint density at radius 2 is 1.89 bits per heavy atom. The lowest BCUT2D eigenvalue weighted by Crippen LogP contribution is -2.54. The molecule has 8 N–H and O–H groups in total. The van der Waals surface area contributed by atoms with Gasteiger partial charge in [0, 0.05) is 36.2 Å². The number of carbonyl (C=O) groups excluding carboxylic acids is 2. The van der Waals surface area contributed by atoms with E-state index in [1.54, 1.807) is 12.1 Å². The number of nitrogens with zero attached hydrogens (tertiary/aromatic N) is 2. The number of aliphatic carboxylic acids is 2. The van der Waals surface area contributed by atoms with Crippen molar-refractivity contribution >= 4 is 47.1 Å². The van der Waals surface area contributed by atoms with Gasteiger partial charge >= 0.3 is 18.0 Å². The molecule has 5 rings (SSSR count). The predicted molar refractivity (Wildman–Crippen MR) is 164 cm³/mol. The number of aromatic amines is 1.